The second-order valence-corrected chi connectivity index (χ2v) is 9.85. The molecule has 0 radical (unpaired) electrons. The molecule has 0 N–H and O–H groups in total. The van der Waals surface area contributed by atoms with Gasteiger partial charge < -0.3 is 9.64 Å². The number of benzene rings is 2. The third-order valence-electron chi connectivity index (χ3n) is 7.50. The molecule has 0 bridgehead atoms. The average Bonchev–Trinajstić information content (AvgIpc) is 3.31. The van der Waals surface area contributed by atoms with Crippen molar-refractivity contribution in [1.29, 1.82) is 0 Å². The minimum atomic E-state index is -0.719. The molecule has 1 aliphatic carbocycles. The Morgan fingerprint density at radius 2 is 1.70 bits per heavy atom. The molecule has 2 heterocycles. The lowest BCUT2D eigenvalue weighted by molar-refractivity contribution is -0.145. The number of rotatable bonds is 8. The van der Waals surface area contributed by atoms with Crippen LogP contribution >= 0.6 is 0 Å². The molecule has 2 aromatic carbocycles. The zero-order valence-corrected chi connectivity index (χ0v) is 20.8. The predicted octanol–water partition coefficient (Wildman–Crippen LogP) is 3.60. The molecule has 2 aliphatic heterocycles. The molecule has 0 aromatic heterocycles. The van der Waals surface area contributed by atoms with E-state index in [1.165, 1.54) is 17.1 Å². The lowest BCUT2D eigenvalue weighted by Crippen LogP contribution is -2.49. The van der Waals surface area contributed by atoms with Crippen molar-refractivity contribution in [3.8, 4) is 0 Å². The highest BCUT2D eigenvalue weighted by atomic mass is 19.1. The molecule has 196 valence electrons. The minimum Gasteiger partial charge on any atom is -0.379 e. The van der Waals surface area contributed by atoms with Crippen molar-refractivity contribution in [3.05, 3.63) is 71.3 Å². The first kappa shape index (κ1) is 25.5. The standard InChI is InChI=1S/C28H32F2N4O3/c29-23-10-3-1-8-21(23)25-18-26(22-9-2-4-11-24(22)30)34(31-25)27(35)19-33(28(36)20-6-5-7-20)13-12-32-14-16-37-17-15-32/h1-4,8-11,20,26H,5-7,12-19H2/t26-/m0/s1. The molecule has 0 spiro atoms. The SMILES string of the molecule is O=C(C1CCC1)N(CCN1CCOCC1)CC(=O)N1N=C(c2ccccc2F)C[C@H]1c1ccccc1F. The highest BCUT2D eigenvalue weighted by Crippen LogP contribution is 2.35. The highest BCUT2D eigenvalue weighted by molar-refractivity contribution is 6.03. The van der Waals surface area contributed by atoms with E-state index in [-0.39, 0.29) is 30.4 Å². The van der Waals surface area contributed by atoms with E-state index < -0.39 is 23.6 Å². The van der Waals surface area contributed by atoms with Crippen LogP contribution in [-0.4, -0.2) is 78.3 Å². The van der Waals surface area contributed by atoms with Gasteiger partial charge >= 0.3 is 0 Å². The second kappa shape index (κ2) is 11.5. The number of hydrogen-bond acceptors (Lipinski definition) is 5. The van der Waals surface area contributed by atoms with E-state index in [1.807, 2.05) is 0 Å². The molecule has 37 heavy (non-hydrogen) atoms. The summed E-state index contributed by atoms with van der Waals surface area (Å²) in [4.78, 5) is 30.8. The number of hydrazone groups is 1. The summed E-state index contributed by atoms with van der Waals surface area (Å²) < 4.78 is 34.8. The summed E-state index contributed by atoms with van der Waals surface area (Å²) in [6.07, 6.45) is 2.86. The van der Waals surface area contributed by atoms with Crippen LogP contribution in [0.1, 0.15) is 42.9 Å². The molecular formula is C28H32F2N4O3. The van der Waals surface area contributed by atoms with Gasteiger partial charge in [0.05, 0.1) is 25.0 Å². The van der Waals surface area contributed by atoms with Crippen LogP contribution in [0.3, 0.4) is 0 Å². The summed E-state index contributed by atoms with van der Waals surface area (Å²) in [5.41, 5.74) is 0.981. The molecule has 1 saturated carbocycles. The van der Waals surface area contributed by atoms with E-state index in [9.17, 15) is 18.4 Å². The van der Waals surface area contributed by atoms with Crippen LogP contribution in [-0.2, 0) is 14.3 Å². The van der Waals surface area contributed by atoms with E-state index >= 15 is 0 Å². The third kappa shape index (κ3) is 5.72. The van der Waals surface area contributed by atoms with Gasteiger partial charge in [-0.15, -0.1) is 0 Å². The predicted molar refractivity (Wildman–Crippen MR) is 135 cm³/mol. The summed E-state index contributed by atoms with van der Waals surface area (Å²) in [7, 11) is 0. The van der Waals surface area contributed by atoms with Crippen LogP contribution in [0.2, 0.25) is 0 Å². The number of hydrogen-bond donors (Lipinski definition) is 0. The van der Waals surface area contributed by atoms with Gasteiger partial charge in [-0.25, -0.2) is 13.8 Å². The quantitative estimate of drug-likeness (QED) is 0.545. The topological polar surface area (TPSA) is 65.5 Å². The van der Waals surface area contributed by atoms with Crippen LogP contribution < -0.4 is 0 Å². The molecule has 7 nitrogen and oxygen atoms in total. The Balaban J connectivity index is 1.39. The molecule has 3 aliphatic rings. The van der Waals surface area contributed by atoms with Gasteiger partial charge in [0.1, 0.15) is 18.2 Å². The van der Waals surface area contributed by atoms with Crippen molar-refractivity contribution in [2.45, 2.75) is 31.7 Å². The van der Waals surface area contributed by atoms with Gasteiger partial charge in [0, 0.05) is 49.6 Å². The second-order valence-electron chi connectivity index (χ2n) is 9.85. The van der Waals surface area contributed by atoms with Gasteiger partial charge in [-0.3, -0.25) is 14.5 Å². The summed E-state index contributed by atoms with van der Waals surface area (Å²) in [6, 6.07) is 11.8. The zero-order valence-electron chi connectivity index (χ0n) is 20.8. The molecular weight excluding hydrogens is 478 g/mol. The van der Waals surface area contributed by atoms with Gasteiger partial charge in [0.2, 0.25) is 5.91 Å². The fourth-order valence-electron chi connectivity index (χ4n) is 5.09. The van der Waals surface area contributed by atoms with Crippen LogP contribution in [0, 0.1) is 17.6 Å². The maximum absolute atomic E-state index is 14.8. The van der Waals surface area contributed by atoms with E-state index in [0.717, 1.165) is 32.4 Å². The first-order chi connectivity index (χ1) is 18.0. The lowest BCUT2D eigenvalue weighted by atomic mass is 9.84. The maximum Gasteiger partial charge on any atom is 0.262 e. The Hall–Kier alpha value is -3.17. The number of halogens is 2. The first-order valence-electron chi connectivity index (χ1n) is 13.0. The van der Waals surface area contributed by atoms with Gasteiger partial charge in [0.25, 0.3) is 5.91 Å². The van der Waals surface area contributed by atoms with Crippen molar-refractivity contribution in [2.75, 3.05) is 45.9 Å². The fraction of sp³-hybridized carbons (Fsp3) is 0.464. The number of carbonyl (C=O) groups is 2. The monoisotopic (exact) mass is 510 g/mol. The number of ether oxygens (including phenoxy) is 1. The average molecular weight is 511 g/mol. The Labute approximate surface area is 215 Å². The van der Waals surface area contributed by atoms with Gasteiger partial charge in [-0.1, -0.05) is 42.8 Å². The van der Waals surface area contributed by atoms with Crippen LogP contribution in [0.25, 0.3) is 0 Å². The molecule has 2 fully saturated rings. The van der Waals surface area contributed by atoms with Crippen molar-refractivity contribution in [2.24, 2.45) is 11.0 Å². The van der Waals surface area contributed by atoms with E-state index in [4.69, 9.17) is 4.74 Å². The van der Waals surface area contributed by atoms with Gasteiger partial charge in [-0.05, 0) is 25.0 Å². The summed E-state index contributed by atoms with van der Waals surface area (Å²) in [6.45, 7) is 3.80. The van der Waals surface area contributed by atoms with Crippen molar-refractivity contribution < 1.29 is 23.1 Å². The fourth-order valence-corrected chi connectivity index (χ4v) is 5.09. The molecule has 9 heteroatoms. The van der Waals surface area contributed by atoms with E-state index in [1.54, 1.807) is 41.3 Å². The van der Waals surface area contributed by atoms with Gasteiger partial charge in [0.15, 0.2) is 0 Å². The van der Waals surface area contributed by atoms with Crippen molar-refractivity contribution in [1.82, 2.24) is 14.8 Å². The van der Waals surface area contributed by atoms with Crippen LogP contribution in [0.5, 0.6) is 0 Å². The Bertz CT molecular complexity index is 1160. The number of amides is 2. The largest absolute Gasteiger partial charge is 0.379 e. The number of nitrogens with zero attached hydrogens (tertiary/aromatic N) is 4. The molecule has 1 saturated heterocycles. The van der Waals surface area contributed by atoms with E-state index in [0.29, 0.717) is 37.6 Å². The minimum absolute atomic E-state index is 0.0206. The molecule has 2 aromatic rings. The summed E-state index contributed by atoms with van der Waals surface area (Å²) in [5, 5.41) is 5.73. The zero-order chi connectivity index (χ0) is 25.8. The molecule has 2 amide bonds. The highest BCUT2D eigenvalue weighted by Gasteiger charge is 2.37. The lowest BCUT2D eigenvalue weighted by Gasteiger charge is -2.34. The summed E-state index contributed by atoms with van der Waals surface area (Å²) in [5.74, 6) is -1.39. The molecule has 0 unspecified atom stereocenters. The normalized spacial score (nSPS) is 20.4. The van der Waals surface area contributed by atoms with Crippen molar-refractivity contribution in [3.63, 3.8) is 0 Å². The van der Waals surface area contributed by atoms with E-state index in [2.05, 4.69) is 10.0 Å². The molecule has 5 rings (SSSR count). The summed E-state index contributed by atoms with van der Waals surface area (Å²) >= 11 is 0. The Morgan fingerprint density at radius 1 is 1.00 bits per heavy atom. The Morgan fingerprint density at radius 3 is 2.38 bits per heavy atom. The number of morpholine rings is 1. The maximum atomic E-state index is 14.8. The Kier molecular flexibility index (Phi) is 7.90. The van der Waals surface area contributed by atoms with Crippen LogP contribution in [0.4, 0.5) is 8.78 Å². The number of carbonyl (C=O) groups excluding carboxylic acids is 2. The first-order valence-corrected chi connectivity index (χ1v) is 13.0. The van der Waals surface area contributed by atoms with Gasteiger partial charge in [-0.2, -0.15) is 5.10 Å². The smallest absolute Gasteiger partial charge is 0.262 e. The third-order valence-corrected chi connectivity index (χ3v) is 7.50. The van der Waals surface area contributed by atoms with Crippen LogP contribution in [0.15, 0.2) is 53.6 Å². The van der Waals surface area contributed by atoms with Crippen molar-refractivity contribution >= 4 is 17.5 Å². The molecule has 1 atom stereocenters.